The zero-order valence-corrected chi connectivity index (χ0v) is 19.6. The number of halogens is 1. The molecule has 3 rings (SSSR count). The number of amides is 2. The fourth-order valence-electron chi connectivity index (χ4n) is 3.66. The lowest BCUT2D eigenvalue weighted by atomic mass is 9.86. The van der Waals surface area contributed by atoms with E-state index in [1.807, 2.05) is 4.90 Å². The molecule has 1 aromatic heterocycles. The van der Waals surface area contributed by atoms with Crippen LogP contribution >= 0.6 is 23.1 Å². The zero-order chi connectivity index (χ0) is 22.9. The highest BCUT2D eigenvalue weighted by molar-refractivity contribution is 8.01. The second-order valence-electron chi connectivity index (χ2n) is 7.89. The Balaban J connectivity index is 1.56. The fourth-order valence-corrected chi connectivity index (χ4v) is 5.25. The number of hydrogen-bond donors (Lipinski definition) is 2. The Morgan fingerprint density at radius 1 is 1.34 bits per heavy atom. The van der Waals surface area contributed by atoms with Gasteiger partial charge in [-0.1, -0.05) is 30.4 Å². The predicted molar refractivity (Wildman–Crippen MR) is 124 cm³/mol. The summed E-state index contributed by atoms with van der Waals surface area (Å²) in [5.41, 5.74) is 0.752. The van der Waals surface area contributed by atoms with Crippen LogP contribution in [0.3, 0.4) is 0 Å². The van der Waals surface area contributed by atoms with Gasteiger partial charge < -0.3 is 14.7 Å². The van der Waals surface area contributed by atoms with Gasteiger partial charge in [-0.15, -0.1) is 11.8 Å². The Kier molecular flexibility index (Phi) is 9.31. The third-order valence-electron chi connectivity index (χ3n) is 5.36. The number of carboxylic acid groups (broad SMARTS) is 1. The summed E-state index contributed by atoms with van der Waals surface area (Å²) >= 11 is 2.43. The molecule has 0 radical (unpaired) electrons. The van der Waals surface area contributed by atoms with Gasteiger partial charge in [-0.3, -0.25) is 10.1 Å². The van der Waals surface area contributed by atoms with E-state index in [0.29, 0.717) is 24.2 Å². The van der Waals surface area contributed by atoms with Crippen molar-refractivity contribution in [2.24, 2.45) is 5.92 Å². The van der Waals surface area contributed by atoms with Gasteiger partial charge in [0.25, 0.3) is 0 Å². The normalized spacial score (nSPS) is 18.3. The van der Waals surface area contributed by atoms with E-state index in [-0.39, 0.29) is 30.2 Å². The van der Waals surface area contributed by atoms with Gasteiger partial charge in [0.05, 0.1) is 29.4 Å². The minimum absolute atomic E-state index is 0.0510. The van der Waals surface area contributed by atoms with E-state index in [0.717, 1.165) is 35.5 Å². The van der Waals surface area contributed by atoms with Crippen LogP contribution in [-0.4, -0.2) is 51.9 Å². The number of hydrogen-bond acceptors (Lipinski definition) is 6. The topological polar surface area (TPSA) is 91.8 Å². The number of thiazole rings is 1. The molecule has 174 valence electrons. The van der Waals surface area contributed by atoms with Crippen molar-refractivity contribution in [2.45, 2.75) is 49.5 Å². The van der Waals surface area contributed by atoms with Crippen LogP contribution in [0.2, 0.25) is 0 Å². The van der Waals surface area contributed by atoms with E-state index in [4.69, 9.17) is 9.84 Å². The number of urea groups is 1. The van der Waals surface area contributed by atoms with Crippen molar-refractivity contribution in [1.29, 1.82) is 0 Å². The Hall–Kier alpha value is -2.17. The van der Waals surface area contributed by atoms with Gasteiger partial charge in [0.2, 0.25) is 0 Å². The number of aromatic nitrogens is 1. The van der Waals surface area contributed by atoms with Gasteiger partial charge in [-0.05, 0) is 49.3 Å². The van der Waals surface area contributed by atoms with E-state index >= 15 is 0 Å². The largest absolute Gasteiger partial charge is 0.481 e. The smallest absolute Gasteiger partial charge is 0.323 e. The van der Waals surface area contributed by atoms with Gasteiger partial charge >= 0.3 is 12.0 Å². The molecule has 0 atom stereocenters. The van der Waals surface area contributed by atoms with E-state index in [1.54, 1.807) is 18.3 Å². The molecule has 1 aliphatic rings. The molecule has 2 aromatic rings. The van der Waals surface area contributed by atoms with Crippen molar-refractivity contribution in [3.05, 3.63) is 41.8 Å². The number of carboxylic acids is 1. The average molecular weight is 482 g/mol. The highest BCUT2D eigenvalue weighted by Crippen LogP contribution is 2.30. The van der Waals surface area contributed by atoms with Crippen molar-refractivity contribution in [2.75, 3.05) is 24.2 Å². The third kappa shape index (κ3) is 7.75. The van der Waals surface area contributed by atoms with E-state index in [9.17, 15) is 14.0 Å². The van der Waals surface area contributed by atoms with Crippen molar-refractivity contribution >= 4 is 40.2 Å². The first-order valence-corrected chi connectivity index (χ1v) is 12.4. The fraction of sp³-hybridized carbons (Fsp3) is 0.500. The lowest BCUT2D eigenvalue weighted by molar-refractivity contribution is -0.133. The molecule has 0 saturated heterocycles. The summed E-state index contributed by atoms with van der Waals surface area (Å²) in [7, 11) is 0. The van der Waals surface area contributed by atoms with Gasteiger partial charge in [0.1, 0.15) is 5.82 Å². The summed E-state index contributed by atoms with van der Waals surface area (Å²) in [4.78, 5) is 29.8. The minimum Gasteiger partial charge on any atom is -0.481 e. The third-order valence-corrected chi connectivity index (χ3v) is 7.45. The van der Waals surface area contributed by atoms with Crippen LogP contribution in [0.25, 0.3) is 0 Å². The molecule has 1 heterocycles. The average Bonchev–Trinajstić information content (AvgIpc) is 3.20. The molecule has 32 heavy (non-hydrogen) atoms. The molecule has 1 aromatic carbocycles. The molecule has 7 nitrogen and oxygen atoms in total. The SMILES string of the molecule is CC1CCC(N(CCOCc2cccc(F)c2)C(=O)Nc2ncc(SCC(=O)O)s2)CC1. The quantitative estimate of drug-likeness (QED) is 0.363. The Bertz CT molecular complexity index is 903. The Morgan fingerprint density at radius 3 is 2.84 bits per heavy atom. The Labute approximate surface area is 195 Å². The number of carbonyl (C=O) groups excluding carboxylic acids is 1. The summed E-state index contributed by atoms with van der Waals surface area (Å²) in [6.07, 6.45) is 5.60. The van der Waals surface area contributed by atoms with Crippen LogP contribution < -0.4 is 5.32 Å². The standard InChI is InChI=1S/C22H28FN3O4S2/c1-15-5-7-18(8-6-15)26(9-10-30-13-16-3-2-4-17(23)11-16)22(29)25-21-24-12-20(32-21)31-14-19(27)28/h2-4,11-12,15,18H,5-10,13-14H2,1H3,(H,27,28)(H,24,25,29). The lowest BCUT2D eigenvalue weighted by Crippen LogP contribution is -2.46. The Morgan fingerprint density at radius 2 is 2.12 bits per heavy atom. The zero-order valence-electron chi connectivity index (χ0n) is 18.0. The summed E-state index contributed by atoms with van der Waals surface area (Å²) in [5.74, 6) is -0.587. The molecule has 1 saturated carbocycles. The number of rotatable bonds is 10. The highest BCUT2D eigenvalue weighted by atomic mass is 32.2. The van der Waals surface area contributed by atoms with Gasteiger partial charge in [0, 0.05) is 12.6 Å². The molecule has 0 unspecified atom stereocenters. The van der Waals surface area contributed by atoms with Crippen molar-refractivity contribution in [3.63, 3.8) is 0 Å². The van der Waals surface area contributed by atoms with Crippen LogP contribution in [0.5, 0.6) is 0 Å². The maximum atomic E-state index is 13.3. The number of thioether (sulfide) groups is 1. The van der Waals surface area contributed by atoms with E-state index in [2.05, 4.69) is 17.2 Å². The molecular weight excluding hydrogens is 453 g/mol. The molecule has 0 bridgehead atoms. The van der Waals surface area contributed by atoms with Crippen molar-refractivity contribution in [3.8, 4) is 0 Å². The van der Waals surface area contributed by atoms with Crippen LogP contribution in [0.1, 0.15) is 38.2 Å². The maximum Gasteiger partial charge on any atom is 0.323 e. The molecule has 0 aliphatic heterocycles. The van der Waals surface area contributed by atoms with Crippen molar-refractivity contribution < 1.29 is 23.8 Å². The van der Waals surface area contributed by atoms with Crippen LogP contribution in [0, 0.1) is 11.7 Å². The van der Waals surface area contributed by atoms with Crippen LogP contribution in [0.4, 0.5) is 14.3 Å². The number of aliphatic carboxylic acids is 1. The van der Waals surface area contributed by atoms with Gasteiger partial charge in [-0.2, -0.15) is 0 Å². The molecule has 10 heteroatoms. The molecule has 2 amide bonds. The highest BCUT2D eigenvalue weighted by Gasteiger charge is 2.28. The maximum absolute atomic E-state index is 13.3. The number of ether oxygens (including phenoxy) is 1. The van der Waals surface area contributed by atoms with E-state index in [1.165, 1.54) is 35.2 Å². The molecular formula is C22H28FN3O4S2. The number of nitrogens with zero attached hydrogens (tertiary/aromatic N) is 2. The van der Waals surface area contributed by atoms with Gasteiger partial charge in [-0.25, -0.2) is 14.2 Å². The number of benzene rings is 1. The monoisotopic (exact) mass is 481 g/mol. The summed E-state index contributed by atoms with van der Waals surface area (Å²) < 4.78 is 19.8. The first-order chi connectivity index (χ1) is 15.4. The number of carbonyl (C=O) groups is 2. The molecule has 2 N–H and O–H groups in total. The summed E-state index contributed by atoms with van der Waals surface area (Å²) in [6, 6.07) is 6.18. The predicted octanol–water partition coefficient (Wildman–Crippen LogP) is 5.09. The van der Waals surface area contributed by atoms with Crippen molar-refractivity contribution in [1.82, 2.24) is 9.88 Å². The van der Waals surface area contributed by atoms with Crippen LogP contribution in [-0.2, 0) is 16.1 Å². The molecule has 0 spiro atoms. The van der Waals surface area contributed by atoms with E-state index < -0.39 is 5.97 Å². The second-order valence-corrected chi connectivity index (χ2v) is 10.2. The summed E-state index contributed by atoms with van der Waals surface area (Å²) in [6.45, 7) is 3.28. The number of anilines is 1. The number of nitrogens with one attached hydrogen (secondary N) is 1. The van der Waals surface area contributed by atoms with Gasteiger partial charge in [0.15, 0.2) is 5.13 Å². The first-order valence-electron chi connectivity index (χ1n) is 10.6. The second kappa shape index (κ2) is 12.2. The first kappa shape index (κ1) is 24.5. The molecule has 1 fully saturated rings. The molecule has 1 aliphatic carbocycles. The summed E-state index contributed by atoms with van der Waals surface area (Å²) in [5, 5.41) is 12.1. The van der Waals surface area contributed by atoms with Crippen LogP contribution in [0.15, 0.2) is 34.7 Å². The lowest BCUT2D eigenvalue weighted by Gasteiger charge is -2.36. The minimum atomic E-state index is -0.898.